The van der Waals surface area contributed by atoms with Crippen LogP contribution < -0.4 is 5.32 Å². The first-order chi connectivity index (χ1) is 10.1. The van der Waals surface area contributed by atoms with Crippen molar-refractivity contribution < 1.29 is 23.1 Å². The van der Waals surface area contributed by atoms with Crippen molar-refractivity contribution in [3.05, 3.63) is 29.8 Å². The van der Waals surface area contributed by atoms with Gasteiger partial charge in [-0.1, -0.05) is 0 Å². The topological polar surface area (TPSA) is 95.9 Å². The molecule has 1 aromatic rings. The van der Waals surface area contributed by atoms with E-state index in [0.29, 0.717) is 31.9 Å². The predicted octanol–water partition coefficient (Wildman–Crippen LogP) is -0.570. The molecule has 1 fully saturated rings. The number of nitrogens with zero attached hydrogens (tertiary/aromatic N) is 1. The Morgan fingerprint density at radius 3 is 2.43 bits per heavy atom. The lowest BCUT2D eigenvalue weighted by atomic mass is 10.2. The molecule has 116 valence electrons. The van der Waals surface area contributed by atoms with E-state index in [0.717, 1.165) is 0 Å². The molecule has 7 nitrogen and oxygen atoms in total. The Balaban J connectivity index is 2.12. The van der Waals surface area contributed by atoms with Crippen molar-refractivity contribution in [2.24, 2.45) is 0 Å². The van der Waals surface area contributed by atoms with Crippen molar-refractivity contribution in [3.63, 3.8) is 0 Å². The molecule has 0 atom stereocenters. The van der Waals surface area contributed by atoms with Gasteiger partial charge in [-0.25, -0.2) is 8.42 Å². The molecule has 0 saturated carbocycles. The van der Waals surface area contributed by atoms with Gasteiger partial charge in [0.15, 0.2) is 0 Å². The van der Waals surface area contributed by atoms with Gasteiger partial charge >= 0.3 is 0 Å². The highest BCUT2D eigenvalue weighted by Crippen LogP contribution is 2.17. The number of amides is 1. The van der Waals surface area contributed by atoms with Crippen molar-refractivity contribution in [2.45, 2.75) is 4.90 Å². The second kappa shape index (κ2) is 6.99. The number of hydrogen-bond donors (Lipinski definition) is 2. The standard InChI is InChI=1S/C13H18N2O5S/c16-8-5-14-13(17)11-1-3-12(4-2-11)21(18,19)15-6-9-20-10-7-15/h1-4,16H,5-10H2,(H,14,17). The van der Waals surface area contributed by atoms with Gasteiger partial charge in [-0.05, 0) is 24.3 Å². The number of aliphatic hydroxyl groups excluding tert-OH is 1. The zero-order chi connectivity index (χ0) is 15.3. The average molecular weight is 314 g/mol. The Kier molecular flexibility index (Phi) is 5.29. The van der Waals surface area contributed by atoms with Gasteiger partial charge in [0.05, 0.1) is 24.7 Å². The summed E-state index contributed by atoms with van der Waals surface area (Å²) in [7, 11) is -3.54. The Hall–Kier alpha value is -1.48. The van der Waals surface area contributed by atoms with Gasteiger partial charge in [-0.3, -0.25) is 4.79 Å². The summed E-state index contributed by atoms with van der Waals surface area (Å²) in [6.07, 6.45) is 0. The van der Waals surface area contributed by atoms with Crippen LogP contribution >= 0.6 is 0 Å². The molecule has 1 aliphatic heterocycles. The van der Waals surface area contributed by atoms with Gasteiger partial charge in [-0.2, -0.15) is 4.31 Å². The van der Waals surface area contributed by atoms with E-state index < -0.39 is 10.0 Å². The molecule has 0 aromatic heterocycles. The van der Waals surface area contributed by atoms with Crippen molar-refractivity contribution in [1.82, 2.24) is 9.62 Å². The highest BCUT2D eigenvalue weighted by atomic mass is 32.2. The van der Waals surface area contributed by atoms with E-state index in [1.165, 1.54) is 28.6 Å². The van der Waals surface area contributed by atoms with E-state index >= 15 is 0 Å². The van der Waals surface area contributed by atoms with E-state index in [2.05, 4.69) is 5.32 Å². The molecule has 0 unspecified atom stereocenters. The molecule has 2 N–H and O–H groups in total. The van der Waals surface area contributed by atoms with Gasteiger partial charge in [-0.15, -0.1) is 0 Å². The molecule has 1 aromatic carbocycles. The van der Waals surface area contributed by atoms with Crippen LogP contribution in [0.3, 0.4) is 0 Å². The summed E-state index contributed by atoms with van der Waals surface area (Å²) in [4.78, 5) is 11.8. The van der Waals surface area contributed by atoms with Crippen LogP contribution in [0.4, 0.5) is 0 Å². The second-order valence-corrected chi connectivity index (χ2v) is 6.46. The highest BCUT2D eigenvalue weighted by molar-refractivity contribution is 7.89. The minimum Gasteiger partial charge on any atom is -0.395 e. The number of aliphatic hydroxyl groups is 1. The third-order valence-corrected chi connectivity index (χ3v) is 5.03. The predicted molar refractivity (Wildman–Crippen MR) is 75.4 cm³/mol. The minimum atomic E-state index is -3.54. The maximum absolute atomic E-state index is 12.4. The largest absolute Gasteiger partial charge is 0.395 e. The van der Waals surface area contributed by atoms with Crippen molar-refractivity contribution in [2.75, 3.05) is 39.5 Å². The van der Waals surface area contributed by atoms with Crippen LogP contribution in [-0.2, 0) is 14.8 Å². The number of nitrogens with one attached hydrogen (secondary N) is 1. The average Bonchev–Trinajstić information content (AvgIpc) is 2.53. The van der Waals surface area contributed by atoms with Crippen LogP contribution in [0.25, 0.3) is 0 Å². The molecule has 0 aliphatic carbocycles. The van der Waals surface area contributed by atoms with Crippen molar-refractivity contribution in [3.8, 4) is 0 Å². The summed E-state index contributed by atoms with van der Waals surface area (Å²) in [5, 5.41) is 11.2. The SMILES string of the molecule is O=C(NCCO)c1ccc(S(=O)(=O)N2CCOCC2)cc1. The molecule has 1 heterocycles. The first kappa shape index (κ1) is 15.9. The Morgan fingerprint density at radius 1 is 1.24 bits per heavy atom. The zero-order valence-electron chi connectivity index (χ0n) is 11.5. The number of ether oxygens (including phenoxy) is 1. The molecule has 8 heteroatoms. The lowest BCUT2D eigenvalue weighted by Crippen LogP contribution is -2.40. The second-order valence-electron chi connectivity index (χ2n) is 4.52. The van der Waals surface area contributed by atoms with Crippen molar-refractivity contribution >= 4 is 15.9 Å². The third kappa shape index (κ3) is 3.79. The first-order valence-electron chi connectivity index (χ1n) is 6.63. The van der Waals surface area contributed by atoms with Crippen LogP contribution in [0.5, 0.6) is 0 Å². The number of benzene rings is 1. The summed E-state index contributed by atoms with van der Waals surface area (Å²) in [6.45, 7) is 1.46. The van der Waals surface area contributed by atoms with Crippen LogP contribution in [0.15, 0.2) is 29.2 Å². The molecule has 2 rings (SSSR count). The van der Waals surface area contributed by atoms with Gasteiger partial charge < -0.3 is 15.2 Å². The van der Waals surface area contributed by atoms with E-state index in [4.69, 9.17) is 9.84 Å². The molecule has 1 amide bonds. The normalized spacial score (nSPS) is 16.6. The summed E-state index contributed by atoms with van der Waals surface area (Å²) >= 11 is 0. The Morgan fingerprint density at radius 2 is 1.86 bits per heavy atom. The molecule has 0 radical (unpaired) electrons. The van der Waals surface area contributed by atoms with E-state index in [1.807, 2.05) is 0 Å². The molecule has 1 saturated heterocycles. The number of rotatable bonds is 5. The maximum atomic E-state index is 12.4. The molecule has 0 spiro atoms. The number of morpholine rings is 1. The molecule has 0 bridgehead atoms. The van der Waals surface area contributed by atoms with Crippen LogP contribution in [0, 0.1) is 0 Å². The van der Waals surface area contributed by atoms with Gasteiger partial charge in [0.2, 0.25) is 10.0 Å². The molecule has 1 aliphatic rings. The fourth-order valence-electron chi connectivity index (χ4n) is 1.99. The Labute approximate surface area is 123 Å². The quantitative estimate of drug-likeness (QED) is 0.759. The van der Waals surface area contributed by atoms with Crippen LogP contribution in [0.2, 0.25) is 0 Å². The lowest BCUT2D eigenvalue weighted by Gasteiger charge is -2.26. The van der Waals surface area contributed by atoms with Gasteiger partial charge in [0.25, 0.3) is 5.91 Å². The molecular weight excluding hydrogens is 296 g/mol. The van der Waals surface area contributed by atoms with Crippen LogP contribution in [0.1, 0.15) is 10.4 Å². The number of sulfonamides is 1. The van der Waals surface area contributed by atoms with Crippen LogP contribution in [-0.4, -0.2) is 63.2 Å². The third-order valence-electron chi connectivity index (χ3n) is 3.12. The highest BCUT2D eigenvalue weighted by Gasteiger charge is 2.26. The first-order valence-corrected chi connectivity index (χ1v) is 8.07. The fraction of sp³-hybridized carbons (Fsp3) is 0.462. The van der Waals surface area contributed by atoms with Gasteiger partial charge in [0, 0.05) is 25.2 Å². The number of carbonyl (C=O) groups is 1. The zero-order valence-corrected chi connectivity index (χ0v) is 12.3. The van der Waals surface area contributed by atoms with Crippen molar-refractivity contribution in [1.29, 1.82) is 0 Å². The smallest absolute Gasteiger partial charge is 0.251 e. The number of hydrogen-bond acceptors (Lipinski definition) is 5. The summed E-state index contributed by atoms with van der Waals surface area (Å²) in [5.41, 5.74) is 0.351. The monoisotopic (exact) mass is 314 g/mol. The Bertz CT molecular complexity index is 579. The number of carbonyl (C=O) groups excluding carboxylic acids is 1. The fourth-order valence-corrected chi connectivity index (χ4v) is 3.39. The summed E-state index contributed by atoms with van der Waals surface area (Å²) < 4.78 is 31.3. The van der Waals surface area contributed by atoms with E-state index in [1.54, 1.807) is 0 Å². The summed E-state index contributed by atoms with van der Waals surface area (Å²) in [5.74, 6) is -0.348. The summed E-state index contributed by atoms with van der Waals surface area (Å²) in [6, 6.07) is 5.75. The lowest BCUT2D eigenvalue weighted by molar-refractivity contribution is 0.0730. The molecular formula is C13H18N2O5S. The van der Waals surface area contributed by atoms with E-state index in [9.17, 15) is 13.2 Å². The molecule has 21 heavy (non-hydrogen) atoms. The van der Waals surface area contributed by atoms with E-state index in [-0.39, 0.29) is 24.0 Å². The van der Waals surface area contributed by atoms with Gasteiger partial charge in [0.1, 0.15) is 0 Å². The minimum absolute atomic E-state index is 0.144. The maximum Gasteiger partial charge on any atom is 0.251 e.